The Morgan fingerprint density at radius 1 is 0.828 bits per heavy atom. The molecule has 0 saturated carbocycles. The zero-order chi connectivity index (χ0) is 21.0. The van der Waals surface area contributed by atoms with Gasteiger partial charge in [0.2, 0.25) is 0 Å². The van der Waals surface area contributed by atoms with E-state index in [0.717, 1.165) is 11.1 Å². The van der Waals surface area contributed by atoms with E-state index in [1.807, 2.05) is 13.8 Å². The summed E-state index contributed by atoms with van der Waals surface area (Å²) >= 11 is 0. The fraction of sp³-hybridized carbons (Fsp3) is 0.136. The number of amides is 1. The quantitative estimate of drug-likeness (QED) is 0.629. The third kappa shape index (κ3) is 5.20. The van der Waals surface area contributed by atoms with Crippen LogP contribution in [0.15, 0.2) is 77.7 Å². The molecule has 5 nitrogen and oxygen atoms in total. The van der Waals surface area contributed by atoms with Crippen molar-refractivity contribution in [2.24, 2.45) is 0 Å². The Kier molecular flexibility index (Phi) is 5.98. The summed E-state index contributed by atoms with van der Waals surface area (Å²) < 4.78 is 40.8. The lowest BCUT2D eigenvalue weighted by Gasteiger charge is -2.11. The number of nitrogens with one attached hydrogen (secondary N) is 2. The van der Waals surface area contributed by atoms with E-state index in [0.29, 0.717) is 11.3 Å². The monoisotopic (exact) mass is 412 g/mol. The minimum atomic E-state index is -3.78. The molecule has 0 radical (unpaired) electrons. The number of halogens is 1. The lowest BCUT2D eigenvalue weighted by Crippen LogP contribution is -2.30. The average molecular weight is 412 g/mol. The number of carbonyl (C=O) groups is 1. The summed E-state index contributed by atoms with van der Waals surface area (Å²) in [6, 6.07) is 18.5. The van der Waals surface area contributed by atoms with Gasteiger partial charge in [0, 0.05) is 17.3 Å². The van der Waals surface area contributed by atoms with Gasteiger partial charge in [-0.25, -0.2) is 12.8 Å². The highest BCUT2D eigenvalue weighted by molar-refractivity contribution is 7.92. The molecular formula is C22H21FN2O3S. The van der Waals surface area contributed by atoms with Crippen molar-refractivity contribution in [3.8, 4) is 11.1 Å². The van der Waals surface area contributed by atoms with Gasteiger partial charge in [-0.15, -0.1) is 0 Å². The van der Waals surface area contributed by atoms with Crippen molar-refractivity contribution >= 4 is 21.6 Å². The minimum Gasteiger partial charge on any atom is -0.350 e. The molecule has 150 valence electrons. The molecule has 0 bridgehead atoms. The Morgan fingerprint density at radius 2 is 1.34 bits per heavy atom. The summed E-state index contributed by atoms with van der Waals surface area (Å²) in [5.74, 6) is -0.546. The van der Waals surface area contributed by atoms with E-state index in [1.165, 1.54) is 24.3 Å². The summed E-state index contributed by atoms with van der Waals surface area (Å²) in [6.07, 6.45) is 0. The second-order valence-corrected chi connectivity index (χ2v) is 8.52. The van der Waals surface area contributed by atoms with Gasteiger partial charge in [0.25, 0.3) is 15.9 Å². The summed E-state index contributed by atoms with van der Waals surface area (Å²) in [7, 11) is -3.78. The lowest BCUT2D eigenvalue weighted by atomic mass is 10.1. The van der Waals surface area contributed by atoms with Crippen LogP contribution in [0.5, 0.6) is 0 Å². The number of carbonyl (C=O) groups excluding carboxylic acids is 1. The first-order valence-electron chi connectivity index (χ1n) is 9.04. The molecule has 1 amide bonds. The second kappa shape index (κ2) is 8.45. The molecular weight excluding hydrogens is 391 g/mol. The first kappa shape index (κ1) is 20.5. The number of hydrogen-bond acceptors (Lipinski definition) is 3. The molecule has 3 rings (SSSR count). The molecule has 2 N–H and O–H groups in total. The third-order valence-corrected chi connectivity index (χ3v) is 5.56. The first-order valence-corrected chi connectivity index (χ1v) is 10.5. The predicted octanol–water partition coefficient (Wildman–Crippen LogP) is 4.43. The van der Waals surface area contributed by atoms with Crippen molar-refractivity contribution in [3.05, 3.63) is 84.2 Å². The normalized spacial score (nSPS) is 11.3. The largest absolute Gasteiger partial charge is 0.350 e. The fourth-order valence-electron chi connectivity index (χ4n) is 2.72. The van der Waals surface area contributed by atoms with Crippen LogP contribution in [0.1, 0.15) is 24.2 Å². The summed E-state index contributed by atoms with van der Waals surface area (Å²) in [4.78, 5) is 12.1. The minimum absolute atomic E-state index is 0.0126. The molecule has 7 heteroatoms. The van der Waals surface area contributed by atoms with Crippen LogP contribution in [-0.2, 0) is 10.0 Å². The van der Waals surface area contributed by atoms with Gasteiger partial charge in [-0.05, 0) is 73.5 Å². The van der Waals surface area contributed by atoms with Crippen LogP contribution < -0.4 is 10.0 Å². The van der Waals surface area contributed by atoms with Crippen molar-refractivity contribution in [2.45, 2.75) is 24.8 Å². The van der Waals surface area contributed by atoms with E-state index < -0.39 is 10.0 Å². The lowest BCUT2D eigenvalue weighted by molar-refractivity contribution is 0.0943. The summed E-state index contributed by atoms with van der Waals surface area (Å²) in [5.41, 5.74) is 2.38. The highest BCUT2D eigenvalue weighted by atomic mass is 32.2. The maximum absolute atomic E-state index is 13.0. The van der Waals surface area contributed by atoms with E-state index >= 15 is 0 Å². The molecule has 3 aromatic carbocycles. The van der Waals surface area contributed by atoms with Gasteiger partial charge in [0.05, 0.1) is 4.90 Å². The third-order valence-electron chi connectivity index (χ3n) is 4.16. The zero-order valence-electron chi connectivity index (χ0n) is 16.0. The van der Waals surface area contributed by atoms with Crippen molar-refractivity contribution < 1.29 is 17.6 Å². The Balaban J connectivity index is 1.74. The molecule has 29 heavy (non-hydrogen) atoms. The van der Waals surface area contributed by atoms with Crippen molar-refractivity contribution in [1.82, 2.24) is 5.32 Å². The van der Waals surface area contributed by atoms with Crippen LogP contribution in [0, 0.1) is 5.82 Å². The maximum Gasteiger partial charge on any atom is 0.261 e. The van der Waals surface area contributed by atoms with Crippen LogP contribution in [0.3, 0.4) is 0 Å². The molecule has 0 aromatic heterocycles. The number of sulfonamides is 1. The maximum atomic E-state index is 13.0. The second-order valence-electron chi connectivity index (χ2n) is 6.84. The van der Waals surface area contributed by atoms with Gasteiger partial charge < -0.3 is 5.32 Å². The molecule has 0 atom stereocenters. The van der Waals surface area contributed by atoms with E-state index in [9.17, 15) is 17.6 Å². The highest BCUT2D eigenvalue weighted by Gasteiger charge is 2.15. The van der Waals surface area contributed by atoms with E-state index in [1.54, 1.807) is 48.5 Å². The van der Waals surface area contributed by atoms with Crippen LogP contribution in [-0.4, -0.2) is 20.4 Å². The Hall–Kier alpha value is -3.19. The van der Waals surface area contributed by atoms with Gasteiger partial charge in [0.15, 0.2) is 0 Å². The van der Waals surface area contributed by atoms with E-state index in [-0.39, 0.29) is 22.7 Å². The standard InChI is InChI=1S/C22H21FN2O3S/c1-15(2)24-22(26)18-5-11-20(12-6-18)25-29(27,28)21-13-7-17(8-14-21)16-3-9-19(23)10-4-16/h3-15,25H,1-2H3,(H,24,26). The molecule has 0 aliphatic rings. The van der Waals surface area contributed by atoms with Crippen LogP contribution in [0.4, 0.5) is 10.1 Å². The van der Waals surface area contributed by atoms with Crippen molar-refractivity contribution in [2.75, 3.05) is 4.72 Å². The Labute approximate surface area is 169 Å². The van der Waals surface area contributed by atoms with Gasteiger partial charge >= 0.3 is 0 Å². The fourth-order valence-corrected chi connectivity index (χ4v) is 3.78. The topological polar surface area (TPSA) is 75.3 Å². The van der Waals surface area contributed by atoms with E-state index in [2.05, 4.69) is 10.0 Å². The molecule has 0 spiro atoms. The molecule has 0 saturated heterocycles. The number of anilines is 1. The summed E-state index contributed by atoms with van der Waals surface area (Å²) in [5, 5.41) is 2.78. The molecule has 0 aliphatic carbocycles. The number of hydrogen-bond donors (Lipinski definition) is 2. The predicted molar refractivity (Wildman–Crippen MR) is 112 cm³/mol. The Morgan fingerprint density at radius 3 is 1.86 bits per heavy atom. The molecule has 3 aromatic rings. The highest BCUT2D eigenvalue weighted by Crippen LogP contribution is 2.23. The first-order chi connectivity index (χ1) is 13.7. The van der Waals surface area contributed by atoms with Gasteiger partial charge in [-0.2, -0.15) is 0 Å². The van der Waals surface area contributed by atoms with Crippen LogP contribution in [0.2, 0.25) is 0 Å². The van der Waals surface area contributed by atoms with E-state index in [4.69, 9.17) is 0 Å². The van der Waals surface area contributed by atoms with Gasteiger partial charge in [-0.1, -0.05) is 24.3 Å². The summed E-state index contributed by atoms with van der Waals surface area (Å²) in [6.45, 7) is 3.73. The van der Waals surface area contributed by atoms with Crippen molar-refractivity contribution in [3.63, 3.8) is 0 Å². The van der Waals surface area contributed by atoms with Crippen LogP contribution >= 0.6 is 0 Å². The number of benzene rings is 3. The SMILES string of the molecule is CC(C)NC(=O)c1ccc(NS(=O)(=O)c2ccc(-c3ccc(F)cc3)cc2)cc1. The molecule has 0 unspecified atom stereocenters. The molecule has 0 aliphatic heterocycles. The van der Waals surface area contributed by atoms with Gasteiger partial charge in [-0.3, -0.25) is 9.52 Å². The Bertz CT molecular complexity index is 1090. The molecule has 0 fully saturated rings. The number of rotatable bonds is 6. The van der Waals surface area contributed by atoms with Gasteiger partial charge in [0.1, 0.15) is 5.82 Å². The zero-order valence-corrected chi connectivity index (χ0v) is 16.8. The molecule has 0 heterocycles. The average Bonchev–Trinajstić information content (AvgIpc) is 2.68. The smallest absolute Gasteiger partial charge is 0.261 e. The van der Waals surface area contributed by atoms with Crippen molar-refractivity contribution in [1.29, 1.82) is 0 Å². The van der Waals surface area contributed by atoms with Crippen LogP contribution in [0.25, 0.3) is 11.1 Å².